The number of nitrogens with one attached hydrogen (secondary N) is 2. The number of para-hydroxylation sites is 1. The minimum Gasteiger partial charge on any atom is -0.493 e. The lowest BCUT2D eigenvalue weighted by molar-refractivity contribution is -0.133. The molecule has 4 amide bonds. The second-order valence-corrected chi connectivity index (χ2v) is 8.50. The van der Waals surface area contributed by atoms with E-state index in [0.717, 1.165) is 4.90 Å². The van der Waals surface area contributed by atoms with Gasteiger partial charge in [-0.1, -0.05) is 24.3 Å². The van der Waals surface area contributed by atoms with E-state index in [4.69, 9.17) is 9.47 Å². The average molecular weight is 494 g/mol. The van der Waals surface area contributed by atoms with Gasteiger partial charge < -0.3 is 20.1 Å². The molecular formula is C25H27N5O6. The molecule has 0 spiro atoms. The number of carbonyl (C=O) groups is 3. The van der Waals surface area contributed by atoms with Crippen molar-refractivity contribution in [2.24, 2.45) is 7.05 Å². The van der Waals surface area contributed by atoms with E-state index in [1.165, 1.54) is 18.9 Å². The Morgan fingerprint density at radius 2 is 1.69 bits per heavy atom. The van der Waals surface area contributed by atoms with Crippen LogP contribution in [-0.2, 0) is 22.2 Å². The van der Waals surface area contributed by atoms with Crippen molar-refractivity contribution in [2.75, 3.05) is 26.1 Å². The molecule has 0 bridgehead atoms. The summed E-state index contributed by atoms with van der Waals surface area (Å²) in [5, 5.41) is 5.23. The fourth-order valence-electron chi connectivity index (χ4n) is 4.22. The molecule has 1 aliphatic rings. The molecule has 0 saturated carbocycles. The number of rotatable bonds is 7. The average Bonchev–Trinajstić information content (AvgIpc) is 3.22. The van der Waals surface area contributed by atoms with Crippen molar-refractivity contribution in [3.63, 3.8) is 0 Å². The van der Waals surface area contributed by atoms with Gasteiger partial charge in [-0.2, -0.15) is 0 Å². The maximum absolute atomic E-state index is 13.3. The van der Waals surface area contributed by atoms with E-state index in [2.05, 4.69) is 10.6 Å². The van der Waals surface area contributed by atoms with Gasteiger partial charge in [-0.05, 0) is 43.7 Å². The first-order chi connectivity index (χ1) is 17.1. The number of amides is 4. The molecule has 1 atom stereocenters. The summed E-state index contributed by atoms with van der Waals surface area (Å²) in [6, 6.07) is 13.1. The van der Waals surface area contributed by atoms with Crippen LogP contribution in [0.15, 0.2) is 53.3 Å². The molecule has 0 radical (unpaired) electrons. The summed E-state index contributed by atoms with van der Waals surface area (Å²) in [7, 11) is 4.66. The zero-order valence-electron chi connectivity index (χ0n) is 20.6. The van der Waals surface area contributed by atoms with Crippen LogP contribution in [-0.4, -0.2) is 52.9 Å². The number of nitrogens with zero attached hydrogens (tertiary/aromatic N) is 3. The molecule has 1 aromatic heterocycles. The number of aromatic nitrogens is 2. The van der Waals surface area contributed by atoms with Gasteiger partial charge in [0.05, 0.1) is 25.6 Å². The number of anilines is 1. The topological polar surface area (TPSA) is 124 Å². The Kier molecular flexibility index (Phi) is 6.32. The van der Waals surface area contributed by atoms with Gasteiger partial charge in [0.25, 0.3) is 11.5 Å². The maximum atomic E-state index is 13.3. The monoisotopic (exact) mass is 493 g/mol. The number of methoxy groups -OCH3 is 2. The van der Waals surface area contributed by atoms with Crippen molar-refractivity contribution in [1.29, 1.82) is 0 Å². The Labute approximate surface area is 207 Å². The molecule has 1 aliphatic heterocycles. The fourth-order valence-corrected chi connectivity index (χ4v) is 4.22. The lowest BCUT2D eigenvalue weighted by atomic mass is 9.91. The zero-order chi connectivity index (χ0) is 26.2. The van der Waals surface area contributed by atoms with E-state index < -0.39 is 35.5 Å². The van der Waals surface area contributed by atoms with E-state index in [9.17, 15) is 19.2 Å². The molecule has 188 valence electrons. The van der Waals surface area contributed by atoms with E-state index in [-0.39, 0.29) is 5.69 Å². The molecule has 4 rings (SSSR count). The van der Waals surface area contributed by atoms with Gasteiger partial charge in [0.15, 0.2) is 11.5 Å². The Morgan fingerprint density at radius 3 is 2.33 bits per heavy atom. The minimum atomic E-state index is -1.42. The Hall–Kier alpha value is -4.54. The van der Waals surface area contributed by atoms with Gasteiger partial charge in [-0.3, -0.25) is 24.0 Å². The summed E-state index contributed by atoms with van der Waals surface area (Å²) < 4.78 is 13.6. The van der Waals surface area contributed by atoms with Crippen molar-refractivity contribution < 1.29 is 23.9 Å². The third-order valence-electron chi connectivity index (χ3n) is 6.36. The Morgan fingerprint density at radius 1 is 1.03 bits per heavy atom. The number of hydrogen-bond acceptors (Lipinski definition) is 6. The zero-order valence-corrected chi connectivity index (χ0v) is 20.6. The Balaban J connectivity index is 1.56. The highest BCUT2D eigenvalue weighted by Gasteiger charge is 2.49. The summed E-state index contributed by atoms with van der Waals surface area (Å²) in [6.45, 7) is 2.68. The SMILES string of the molecule is COc1ccc([C@]2(C)NC(=O)N(CC(=O)Nc3c(C)n(C)n(-c4ccccc4)c3=O)C2=O)cc1OC. The van der Waals surface area contributed by atoms with E-state index in [0.29, 0.717) is 28.4 Å². The molecule has 0 aliphatic carbocycles. The van der Waals surface area contributed by atoms with Gasteiger partial charge in [0.1, 0.15) is 17.8 Å². The summed E-state index contributed by atoms with van der Waals surface area (Å²) in [4.78, 5) is 52.7. The number of carbonyl (C=O) groups excluding carboxylic acids is 3. The third-order valence-corrected chi connectivity index (χ3v) is 6.36. The van der Waals surface area contributed by atoms with Crippen LogP contribution >= 0.6 is 0 Å². The predicted octanol–water partition coefficient (Wildman–Crippen LogP) is 1.91. The normalized spacial score (nSPS) is 17.2. The highest BCUT2D eigenvalue weighted by molar-refractivity contribution is 6.10. The second-order valence-electron chi connectivity index (χ2n) is 8.50. The molecule has 2 N–H and O–H groups in total. The second kappa shape index (κ2) is 9.25. The lowest BCUT2D eigenvalue weighted by Gasteiger charge is -2.23. The highest BCUT2D eigenvalue weighted by Crippen LogP contribution is 2.35. The number of hydrogen-bond donors (Lipinski definition) is 2. The van der Waals surface area contributed by atoms with Crippen molar-refractivity contribution in [1.82, 2.24) is 19.6 Å². The number of benzene rings is 2. The summed E-state index contributed by atoms with van der Waals surface area (Å²) >= 11 is 0. The van der Waals surface area contributed by atoms with E-state index in [1.807, 2.05) is 6.07 Å². The third kappa shape index (κ3) is 3.98. The molecule has 11 nitrogen and oxygen atoms in total. The molecule has 36 heavy (non-hydrogen) atoms. The molecule has 11 heteroatoms. The molecule has 3 aromatic rings. The van der Waals surface area contributed by atoms with Crippen LogP contribution in [0.25, 0.3) is 5.69 Å². The molecule has 2 aromatic carbocycles. The minimum absolute atomic E-state index is 0.0704. The van der Waals surface area contributed by atoms with Crippen LogP contribution in [0.2, 0.25) is 0 Å². The quantitative estimate of drug-likeness (QED) is 0.485. The molecule has 0 unspecified atom stereocenters. The van der Waals surface area contributed by atoms with E-state index in [1.54, 1.807) is 68.0 Å². The van der Waals surface area contributed by atoms with Gasteiger partial charge in [-0.15, -0.1) is 0 Å². The van der Waals surface area contributed by atoms with Crippen LogP contribution in [0.3, 0.4) is 0 Å². The highest BCUT2D eigenvalue weighted by atomic mass is 16.5. The summed E-state index contributed by atoms with van der Waals surface area (Å²) in [5.41, 5.74) is -0.161. The first-order valence-corrected chi connectivity index (χ1v) is 11.1. The van der Waals surface area contributed by atoms with Crippen LogP contribution in [0.4, 0.5) is 10.5 Å². The largest absolute Gasteiger partial charge is 0.493 e. The fraction of sp³-hybridized carbons (Fsp3) is 0.280. The number of urea groups is 1. The maximum Gasteiger partial charge on any atom is 0.325 e. The van der Waals surface area contributed by atoms with Gasteiger partial charge in [0.2, 0.25) is 5.91 Å². The smallest absolute Gasteiger partial charge is 0.325 e. The summed E-state index contributed by atoms with van der Waals surface area (Å²) in [6.07, 6.45) is 0. The molecular weight excluding hydrogens is 466 g/mol. The van der Waals surface area contributed by atoms with Crippen molar-refractivity contribution >= 4 is 23.5 Å². The Bertz CT molecular complexity index is 1410. The molecule has 2 heterocycles. The predicted molar refractivity (Wildman–Crippen MR) is 132 cm³/mol. The van der Waals surface area contributed by atoms with Crippen molar-refractivity contribution in [3.05, 3.63) is 70.1 Å². The standard InChI is InChI=1S/C25H27N5O6/c1-15-21(22(32)30(28(15)3)17-9-7-6-8-10-17)26-20(31)14-29-23(33)25(2,27-24(29)34)16-11-12-18(35-4)19(13-16)36-5/h6-13H,14H2,1-5H3,(H,26,31)(H,27,34)/t25-/m0/s1. The van der Waals surface area contributed by atoms with Crippen molar-refractivity contribution in [2.45, 2.75) is 19.4 Å². The first kappa shape index (κ1) is 24.6. The number of imide groups is 1. The van der Waals surface area contributed by atoms with Gasteiger partial charge >= 0.3 is 6.03 Å². The summed E-state index contributed by atoms with van der Waals surface area (Å²) in [5.74, 6) is -0.427. The van der Waals surface area contributed by atoms with E-state index >= 15 is 0 Å². The molecule has 1 saturated heterocycles. The van der Waals surface area contributed by atoms with Gasteiger partial charge in [-0.25, -0.2) is 9.48 Å². The number of ether oxygens (including phenoxy) is 2. The van der Waals surface area contributed by atoms with Crippen LogP contribution in [0, 0.1) is 6.92 Å². The van der Waals surface area contributed by atoms with Crippen LogP contribution in [0.5, 0.6) is 11.5 Å². The van der Waals surface area contributed by atoms with Gasteiger partial charge in [0, 0.05) is 7.05 Å². The van der Waals surface area contributed by atoms with Crippen LogP contribution in [0.1, 0.15) is 18.2 Å². The molecule has 1 fully saturated rings. The van der Waals surface area contributed by atoms with Crippen molar-refractivity contribution in [3.8, 4) is 17.2 Å². The first-order valence-electron chi connectivity index (χ1n) is 11.1. The van der Waals surface area contributed by atoms with Crippen LogP contribution < -0.4 is 25.7 Å². The lowest BCUT2D eigenvalue weighted by Crippen LogP contribution is -2.42.